The van der Waals surface area contributed by atoms with Crippen LogP contribution in [0.15, 0.2) is 11.6 Å². The van der Waals surface area contributed by atoms with E-state index in [-0.39, 0.29) is 41.1 Å². The van der Waals surface area contributed by atoms with Crippen LogP contribution in [-0.2, 0) is 28.4 Å². The molecular weight excluding hydrogens is 881 g/mol. The van der Waals surface area contributed by atoms with Crippen molar-refractivity contribution in [2.24, 2.45) is 45.3 Å². The predicted molar refractivity (Wildman–Crippen MR) is 235 cm³/mol. The van der Waals surface area contributed by atoms with Gasteiger partial charge in [-0.15, -0.1) is 0 Å². The van der Waals surface area contributed by atoms with Gasteiger partial charge < -0.3 is 94.8 Å². The molecule has 388 valence electrons. The van der Waals surface area contributed by atoms with Crippen LogP contribution in [0.2, 0.25) is 0 Å². The summed E-state index contributed by atoms with van der Waals surface area (Å²) in [6.45, 7) is 12.8. The van der Waals surface area contributed by atoms with Gasteiger partial charge in [-0.05, 0) is 123 Å². The molecule has 24 atom stereocenters. The fourth-order valence-electron chi connectivity index (χ4n) is 14.5. The second-order valence-corrected chi connectivity index (χ2v) is 23.0. The Morgan fingerprint density at radius 1 is 0.627 bits per heavy atom. The van der Waals surface area contributed by atoms with Gasteiger partial charge in [-0.25, -0.2) is 0 Å². The van der Waals surface area contributed by atoms with Crippen molar-refractivity contribution in [3.63, 3.8) is 0 Å². The van der Waals surface area contributed by atoms with E-state index < -0.39 is 135 Å². The van der Waals surface area contributed by atoms with Crippen LogP contribution in [0.4, 0.5) is 0 Å². The summed E-state index contributed by atoms with van der Waals surface area (Å²) < 4.78 is 36.2. The van der Waals surface area contributed by atoms with Crippen molar-refractivity contribution in [2.45, 2.75) is 216 Å². The maximum absolute atomic E-state index is 11.8. The van der Waals surface area contributed by atoms with E-state index in [9.17, 15) is 66.4 Å². The molecule has 3 saturated heterocycles. The molecule has 19 nitrogen and oxygen atoms in total. The summed E-state index contributed by atoms with van der Waals surface area (Å²) in [7, 11) is 0. The van der Waals surface area contributed by atoms with Crippen LogP contribution in [0.3, 0.4) is 0 Å². The fraction of sp³-hybridized carbons (Fsp3) is 0.958. The summed E-state index contributed by atoms with van der Waals surface area (Å²) in [4.78, 5) is 0. The highest BCUT2D eigenvalue weighted by molar-refractivity contribution is 5.22. The van der Waals surface area contributed by atoms with Crippen molar-refractivity contribution in [1.82, 2.24) is 0 Å². The van der Waals surface area contributed by atoms with Gasteiger partial charge >= 0.3 is 0 Å². The SMILES string of the molecule is CC(C)(O)C(O)C/C=C(\CO)[C@H]1CC[C@]2(C)[C@@H]1CC[C@@H]1[C@@]3(C)CC[C@H](O[C@@H]4O[C@H](CO[C@@H]5O[C@H](CO)[C@@H](O)[C@H](O)[C@H]5O)[C@@H](O)[C@H](O)[C@H]4O[C@@H]4O[C@H](CO)[C@@H](O)[C@H](O)[C@H]4O)C(C)(C)[C@@H]3CC[C@]12C. The van der Waals surface area contributed by atoms with E-state index in [0.29, 0.717) is 18.3 Å². The van der Waals surface area contributed by atoms with Gasteiger partial charge in [0.2, 0.25) is 0 Å². The summed E-state index contributed by atoms with van der Waals surface area (Å²) in [5.41, 5.74) is -0.948. The van der Waals surface area contributed by atoms with Gasteiger partial charge in [-0.3, -0.25) is 0 Å². The molecule has 0 radical (unpaired) electrons. The molecule has 1 unspecified atom stereocenters. The van der Waals surface area contributed by atoms with Gasteiger partial charge in [0.15, 0.2) is 18.9 Å². The smallest absolute Gasteiger partial charge is 0.187 e. The van der Waals surface area contributed by atoms with Crippen LogP contribution >= 0.6 is 0 Å². The summed E-state index contributed by atoms with van der Waals surface area (Å²) >= 11 is 0. The van der Waals surface area contributed by atoms with Gasteiger partial charge in [0.25, 0.3) is 0 Å². The number of ether oxygens (including phenoxy) is 6. The summed E-state index contributed by atoms with van der Waals surface area (Å²) in [6.07, 6.45) is -16.3. The zero-order valence-electron chi connectivity index (χ0n) is 40.2. The van der Waals surface area contributed by atoms with E-state index in [1.54, 1.807) is 13.8 Å². The number of aliphatic hydroxyl groups excluding tert-OH is 12. The monoisotopic (exact) mass is 963 g/mol. The lowest BCUT2D eigenvalue weighted by Crippen LogP contribution is -2.67. The first kappa shape index (κ1) is 53.8. The quantitative estimate of drug-likeness (QED) is 0.0730. The van der Waals surface area contributed by atoms with E-state index in [4.69, 9.17) is 28.4 Å². The Hall–Kier alpha value is -1.02. The van der Waals surface area contributed by atoms with Crippen LogP contribution in [0, 0.1) is 45.3 Å². The van der Waals surface area contributed by atoms with Crippen molar-refractivity contribution in [1.29, 1.82) is 0 Å². The Balaban J connectivity index is 1.11. The Kier molecular flexibility index (Phi) is 16.1. The van der Waals surface area contributed by atoms with E-state index in [0.717, 1.165) is 50.5 Å². The highest BCUT2D eigenvalue weighted by atomic mass is 16.8. The maximum atomic E-state index is 11.8. The third kappa shape index (κ3) is 9.47. The molecule has 7 aliphatic rings. The molecule has 67 heavy (non-hydrogen) atoms. The highest BCUT2D eigenvalue weighted by Crippen LogP contribution is 2.75. The number of hydrogen-bond acceptors (Lipinski definition) is 19. The van der Waals surface area contributed by atoms with Crippen LogP contribution in [0.25, 0.3) is 0 Å². The van der Waals surface area contributed by atoms with Gasteiger partial charge in [-0.2, -0.15) is 0 Å². The van der Waals surface area contributed by atoms with E-state index >= 15 is 0 Å². The molecular formula is C48H82O19. The van der Waals surface area contributed by atoms with Crippen molar-refractivity contribution >= 4 is 0 Å². The third-order valence-corrected chi connectivity index (χ3v) is 18.8. The van der Waals surface area contributed by atoms with Gasteiger partial charge in [0.1, 0.15) is 73.2 Å². The zero-order valence-corrected chi connectivity index (χ0v) is 40.2. The predicted octanol–water partition coefficient (Wildman–Crippen LogP) is -1.05. The molecule has 0 spiro atoms. The minimum atomic E-state index is -1.84. The van der Waals surface area contributed by atoms with Gasteiger partial charge in [0.05, 0.1) is 44.2 Å². The molecule has 3 heterocycles. The number of aliphatic hydroxyl groups is 13. The minimum Gasteiger partial charge on any atom is -0.394 e. The highest BCUT2D eigenvalue weighted by Gasteiger charge is 2.69. The molecule has 4 saturated carbocycles. The molecule has 0 bridgehead atoms. The third-order valence-electron chi connectivity index (χ3n) is 18.8. The first-order valence-corrected chi connectivity index (χ1v) is 24.6. The average molecular weight is 963 g/mol. The maximum Gasteiger partial charge on any atom is 0.187 e. The first-order chi connectivity index (χ1) is 31.3. The molecule has 3 aliphatic heterocycles. The molecule has 0 aromatic heterocycles. The second kappa shape index (κ2) is 20.1. The van der Waals surface area contributed by atoms with Gasteiger partial charge in [0, 0.05) is 0 Å². The molecule has 13 N–H and O–H groups in total. The standard InChI is InChI=1S/C48H82O19/c1-44(2)28-13-17-48(7)29(10-9-24-23(12-16-47(24,48)6)22(18-49)8-11-30(52)45(3,4)61)46(28,5)15-14-31(44)66-43-40(67-42-39(60)36(57)33(54)26(20-51)64-42)37(58)34(55)27(65-43)21-62-41-38(59)35(56)32(53)25(19-50)63-41/h8,23-43,49-61H,9-21H2,1-7H3/b22-8+/t23-,24-,25-,26-,27-,28+,29-,30?,31+,32-,33-,34-,35+,36+,37+,38-,39-,40-,41-,42+,43+,46+,47-,48-/m1/s1. The van der Waals surface area contributed by atoms with Crippen molar-refractivity contribution in [3.8, 4) is 0 Å². The van der Waals surface area contributed by atoms with Crippen molar-refractivity contribution in [2.75, 3.05) is 26.4 Å². The lowest BCUT2D eigenvalue weighted by atomic mass is 9.35. The van der Waals surface area contributed by atoms with Crippen LogP contribution in [0.5, 0.6) is 0 Å². The summed E-state index contributed by atoms with van der Waals surface area (Å²) in [6, 6.07) is 0. The normalized spacial score (nSPS) is 50.8. The van der Waals surface area contributed by atoms with Gasteiger partial charge in [-0.1, -0.05) is 40.7 Å². The molecule has 0 aromatic carbocycles. The minimum absolute atomic E-state index is 0.0102. The fourth-order valence-corrected chi connectivity index (χ4v) is 14.5. The van der Waals surface area contributed by atoms with Crippen molar-refractivity contribution in [3.05, 3.63) is 11.6 Å². The van der Waals surface area contributed by atoms with E-state index in [2.05, 4.69) is 34.6 Å². The molecule has 4 aliphatic carbocycles. The molecule has 0 aromatic rings. The molecule has 7 fully saturated rings. The zero-order chi connectivity index (χ0) is 49.3. The second-order valence-electron chi connectivity index (χ2n) is 23.0. The molecule has 19 heteroatoms. The lowest BCUT2D eigenvalue weighted by Gasteiger charge is -2.70. The number of hydrogen-bond donors (Lipinski definition) is 13. The lowest BCUT2D eigenvalue weighted by molar-refractivity contribution is -0.382. The van der Waals surface area contributed by atoms with E-state index in [1.165, 1.54) is 0 Å². The Morgan fingerprint density at radius 3 is 1.79 bits per heavy atom. The van der Waals surface area contributed by atoms with E-state index in [1.807, 2.05) is 6.08 Å². The first-order valence-electron chi connectivity index (χ1n) is 24.6. The Labute approximate surface area is 393 Å². The average Bonchev–Trinajstić information content (AvgIpc) is 3.63. The summed E-state index contributed by atoms with van der Waals surface area (Å²) in [5, 5.41) is 138. The molecule has 7 rings (SSSR count). The van der Waals surface area contributed by atoms with Crippen molar-refractivity contribution < 1.29 is 94.8 Å². The summed E-state index contributed by atoms with van der Waals surface area (Å²) in [5.74, 6) is 1.07. The van der Waals surface area contributed by atoms with Crippen LogP contribution in [-0.4, -0.2) is 203 Å². The van der Waals surface area contributed by atoms with Crippen LogP contribution < -0.4 is 0 Å². The van der Waals surface area contributed by atoms with Crippen LogP contribution in [0.1, 0.15) is 106 Å². The largest absolute Gasteiger partial charge is 0.394 e. The number of fused-ring (bicyclic) bond motifs is 5. The Bertz CT molecular complexity index is 1690. The Morgan fingerprint density at radius 2 is 1.19 bits per heavy atom. The molecule has 0 amide bonds. The number of rotatable bonds is 14. The topological polar surface area (TPSA) is 318 Å².